The van der Waals surface area contributed by atoms with Crippen LogP contribution in [0, 0.1) is 6.92 Å². The van der Waals surface area contributed by atoms with E-state index in [1.165, 1.54) is 0 Å². The first-order chi connectivity index (χ1) is 6.25. The number of carbonyl (C=O) groups is 2. The summed E-state index contributed by atoms with van der Waals surface area (Å²) >= 11 is 0. The molecular formula is C10H8NO2. The zero-order valence-electron chi connectivity index (χ0n) is 6.99. The molecule has 2 rings (SSSR count). The van der Waals surface area contributed by atoms with E-state index in [0.29, 0.717) is 11.1 Å². The van der Waals surface area contributed by atoms with E-state index in [-0.39, 0.29) is 18.4 Å². The van der Waals surface area contributed by atoms with Gasteiger partial charge in [-0.15, -0.1) is 0 Å². The van der Waals surface area contributed by atoms with Crippen LogP contribution in [0.5, 0.6) is 0 Å². The van der Waals surface area contributed by atoms with Crippen molar-refractivity contribution in [1.82, 2.24) is 4.90 Å². The van der Waals surface area contributed by atoms with Gasteiger partial charge >= 0.3 is 0 Å². The molecule has 1 radical (unpaired) electrons. The Morgan fingerprint density at radius 2 is 1.54 bits per heavy atom. The molecular weight excluding hydrogens is 166 g/mol. The number of imide groups is 1. The molecule has 3 nitrogen and oxygen atoms in total. The van der Waals surface area contributed by atoms with Crippen molar-refractivity contribution in [3.05, 3.63) is 42.3 Å². The molecule has 13 heavy (non-hydrogen) atoms. The van der Waals surface area contributed by atoms with E-state index in [1.54, 1.807) is 24.3 Å². The normalized spacial score (nSPS) is 15.0. The molecule has 0 atom stereocenters. The van der Waals surface area contributed by atoms with Gasteiger partial charge in [-0.25, -0.2) is 0 Å². The van der Waals surface area contributed by atoms with E-state index in [0.717, 1.165) is 4.90 Å². The Hall–Kier alpha value is -1.64. The Morgan fingerprint density at radius 3 is 1.92 bits per heavy atom. The molecule has 2 amide bonds. The van der Waals surface area contributed by atoms with Crippen LogP contribution >= 0.6 is 0 Å². The van der Waals surface area contributed by atoms with Crippen molar-refractivity contribution in [2.24, 2.45) is 0 Å². The highest BCUT2D eigenvalue weighted by molar-refractivity contribution is 6.21. The van der Waals surface area contributed by atoms with Crippen molar-refractivity contribution in [1.29, 1.82) is 0 Å². The Morgan fingerprint density at radius 1 is 1.08 bits per heavy atom. The van der Waals surface area contributed by atoms with Gasteiger partial charge in [-0.2, -0.15) is 0 Å². The van der Waals surface area contributed by atoms with Crippen LogP contribution < -0.4 is 0 Å². The van der Waals surface area contributed by atoms with Gasteiger partial charge in [0.15, 0.2) is 0 Å². The van der Waals surface area contributed by atoms with Crippen molar-refractivity contribution in [2.45, 2.75) is 0 Å². The van der Waals surface area contributed by atoms with Crippen molar-refractivity contribution in [3.8, 4) is 0 Å². The lowest BCUT2D eigenvalue weighted by atomic mass is 10.1. The second-order valence-electron chi connectivity index (χ2n) is 2.81. The third kappa shape index (κ3) is 0.967. The lowest BCUT2D eigenvalue weighted by molar-refractivity contribution is 0.0671. The predicted octanol–water partition coefficient (Wildman–Crippen LogP) is 1.12. The maximum Gasteiger partial charge on any atom is 0.261 e. The number of rotatable bonds is 1. The average molecular weight is 174 g/mol. The fraction of sp³-hybridized carbons (Fsp3) is 0.100. The Balaban J connectivity index is 2.57. The van der Waals surface area contributed by atoms with E-state index >= 15 is 0 Å². The third-order valence-electron chi connectivity index (χ3n) is 2.10. The molecule has 3 heteroatoms. The SMILES string of the molecule is [CH2]CN1C(=O)c2ccccc2C1=O. The van der Waals surface area contributed by atoms with Crippen LogP contribution in [0.15, 0.2) is 24.3 Å². The summed E-state index contributed by atoms with van der Waals surface area (Å²) in [6, 6.07) is 6.81. The minimum Gasteiger partial charge on any atom is -0.274 e. The maximum absolute atomic E-state index is 11.5. The predicted molar refractivity (Wildman–Crippen MR) is 47.2 cm³/mol. The highest BCUT2D eigenvalue weighted by Gasteiger charge is 2.33. The quantitative estimate of drug-likeness (QED) is 0.598. The Bertz CT molecular complexity index is 349. The fourth-order valence-corrected chi connectivity index (χ4v) is 1.44. The van der Waals surface area contributed by atoms with Crippen LogP contribution in [0.4, 0.5) is 0 Å². The van der Waals surface area contributed by atoms with Crippen LogP contribution in [-0.2, 0) is 0 Å². The second kappa shape index (κ2) is 2.69. The number of benzene rings is 1. The number of amides is 2. The highest BCUT2D eigenvalue weighted by atomic mass is 16.2. The summed E-state index contributed by atoms with van der Waals surface area (Å²) in [6.07, 6.45) is 0. The number of carbonyl (C=O) groups excluding carboxylic acids is 2. The van der Waals surface area contributed by atoms with Crippen molar-refractivity contribution in [2.75, 3.05) is 6.54 Å². The Labute approximate surface area is 76.0 Å². The summed E-state index contributed by atoms with van der Waals surface area (Å²) in [6.45, 7) is 3.72. The zero-order chi connectivity index (χ0) is 9.42. The molecule has 0 saturated heterocycles. The summed E-state index contributed by atoms with van der Waals surface area (Å²) in [5, 5.41) is 0. The Kier molecular flexibility index (Phi) is 1.65. The molecule has 1 heterocycles. The van der Waals surface area contributed by atoms with Crippen molar-refractivity contribution >= 4 is 11.8 Å². The average Bonchev–Trinajstić information content (AvgIpc) is 2.41. The molecule has 0 unspecified atom stereocenters. The molecule has 1 aliphatic rings. The smallest absolute Gasteiger partial charge is 0.261 e. The fourth-order valence-electron chi connectivity index (χ4n) is 1.44. The molecule has 0 saturated carbocycles. The zero-order valence-corrected chi connectivity index (χ0v) is 6.99. The molecule has 0 fully saturated rings. The summed E-state index contributed by atoms with van der Waals surface area (Å²) in [5.41, 5.74) is 0.965. The van der Waals surface area contributed by atoms with Gasteiger partial charge in [-0.05, 0) is 19.1 Å². The molecule has 0 spiro atoms. The van der Waals surface area contributed by atoms with E-state index in [9.17, 15) is 9.59 Å². The van der Waals surface area contributed by atoms with Gasteiger partial charge in [-0.3, -0.25) is 14.5 Å². The molecule has 1 aliphatic heterocycles. The first-order valence-corrected chi connectivity index (χ1v) is 4.00. The van der Waals surface area contributed by atoms with Crippen LogP contribution in [0.25, 0.3) is 0 Å². The second-order valence-corrected chi connectivity index (χ2v) is 2.81. The van der Waals surface area contributed by atoms with Crippen LogP contribution in [0.2, 0.25) is 0 Å². The summed E-state index contributed by atoms with van der Waals surface area (Å²) < 4.78 is 0. The first kappa shape index (κ1) is 7.98. The van der Waals surface area contributed by atoms with Gasteiger partial charge in [-0.1, -0.05) is 12.1 Å². The third-order valence-corrected chi connectivity index (χ3v) is 2.10. The summed E-state index contributed by atoms with van der Waals surface area (Å²) in [5.74, 6) is -0.480. The van der Waals surface area contributed by atoms with E-state index in [4.69, 9.17) is 0 Å². The highest BCUT2D eigenvalue weighted by Crippen LogP contribution is 2.21. The van der Waals surface area contributed by atoms with Crippen molar-refractivity contribution in [3.63, 3.8) is 0 Å². The van der Waals surface area contributed by atoms with Gasteiger partial charge in [0.2, 0.25) is 0 Å². The minimum absolute atomic E-state index is 0.187. The molecule has 1 aromatic carbocycles. The number of hydrogen-bond acceptors (Lipinski definition) is 2. The molecule has 0 N–H and O–H groups in total. The van der Waals surface area contributed by atoms with E-state index in [2.05, 4.69) is 6.92 Å². The molecule has 0 bridgehead atoms. The van der Waals surface area contributed by atoms with Gasteiger partial charge in [0, 0.05) is 6.54 Å². The van der Waals surface area contributed by atoms with Crippen LogP contribution in [-0.4, -0.2) is 23.3 Å². The van der Waals surface area contributed by atoms with Crippen LogP contribution in [0.3, 0.4) is 0 Å². The van der Waals surface area contributed by atoms with Gasteiger partial charge in [0.25, 0.3) is 11.8 Å². The van der Waals surface area contributed by atoms with E-state index in [1.807, 2.05) is 0 Å². The molecule has 65 valence electrons. The van der Waals surface area contributed by atoms with E-state index < -0.39 is 0 Å². The van der Waals surface area contributed by atoms with Crippen molar-refractivity contribution < 1.29 is 9.59 Å². The lowest BCUT2D eigenvalue weighted by Gasteiger charge is -2.08. The monoisotopic (exact) mass is 174 g/mol. The topological polar surface area (TPSA) is 37.4 Å². The van der Waals surface area contributed by atoms with Gasteiger partial charge in [0.05, 0.1) is 11.1 Å². The molecule has 0 aliphatic carbocycles. The van der Waals surface area contributed by atoms with Gasteiger partial charge < -0.3 is 0 Å². The summed E-state index contributed by atoms with van der Waals surface area (Å²) in [7, 11) is 0. The number of hydrogen-bond donors (Lipinski definition) is 0. The largest absolute Gasteiger partial charge is 0.274 e. The molecule has 1 aromatic rings. The number of nitrogens with zero attached hydrogens (tertiary/aromatic N) is 1. The first-order valence-electron chi connectivity index (χ1n) is 4.00. The lowest BCUT2D eigenvalue weighted by Crippen LogP contribution is -2.29. The van der Waals surface area contributed by atoms with Crippen LogP contribution in [0.1, 0.15) is 20.7 Å². The standard InChI is InChI=1S/C10H8NO2/c1-2-11-9(12)7-5-3-4-6-8(7)10(11)13/h3-6H,1-2H2. The molecule has 0 aromatic heterocycles. The maximum atomic E-state index is 11.5. The summed E-state index contributed by atoms with van der Waals surface area (Å²) in [4.78, 5) is 24.2. The van der Waals surface area contributed by atoms with Gasteiger partial charge in [0.1, 0.15) is 0 Å². The number of fused-ring (bicyclic) bond motifs is 1. The minimum atomic E-state index is -0.240.